The molecule has 0 bridgehead atoms. The Morgan fingerprint density at radius 1 is 0.957 bits per heavy atom. The summed E-state index contributed by atoms with van der Waals surface area (Å²) in [5.74, 6) is 3.65. The van der Waals surface area contributed by atoms with Crippen LogP contribution in [0.25, 0.3) is 0 Å². The van der Waals surface area contributed by atoms with E-state index in [4.69, 9.17) is 0 Å². The average molecular weight is 315 g/mol. The van der Waals surface area contributed by atoms with Crippen molar-refractivity contribution in [3.8, 4) is 0 Å². The minimum Gasteiger partial charge on any atom is -0.106 e. The van der Waals surface area contributed by atoms with Crippen LogP contribution >= 0.6 is 0 Å². The van der Waals surface area contributed by atoms with Gasteiger partial charge in [-0.3, -0.25) is 0 Å². The van der Waals surface area contributed by atoms with Crippen molar-refractivity contribution in [2.75, 3.05) is 0 Å². The smallest absolute Gasteiger partial charge is 0.0162 e. The molecule has 2 atom stereocenters. The molecule has 0 radical (unpaired) electrons. The lowest BCUT2D eigenvalue weighted by atomic mass is 9.73. The lowest BCUT2D eigenvalue weighted by molar-refractivity contribution is 0.225. The first kappa shape index (κ1) is 20.0. The highest BCUT2D eigenvalue weighted by Crippen LogP contribution is 2.40. The third-order valence-electron chi connectivity index (χ3n) is 5.94. The summed E-state index contributed by atoms with van der Waals surface area (Å²) in [6.45, 7) is 15.4. The van der Waals surface area contributed by atoms with E-state index in [1.807, 2.05) is 0 Å². The highest BCUT2D eigenvalue weighted by Gasteiger charge is 2.25. The molecule has 0 aromatic heterocycles. The van der Waals surface area contributed by atoms with Gasteiger partial charge in [0, 0.05) is 0 Å². The van der Waals surface area contributed by atoms with Crippen LogP contribution in [0.5, 0.6) is 0 Å². The molecular weight excluding hydrogens is 276 g/mol. The fourth-order valence-electron chi connectivity index (χ4n) is 3.85. The van der Waals surface area contributed by atoms with E-state index < -0.39 is 0 Å². The molecule has 1 aromatic carbocycles. The fraction of sp³-hybridized carbons (Fsp3) is 0.652. The molecule has 2 rings (SSSR count). The van der Waals surface area contributed by atoms with Gasteiger partial charge in [-0.15, -0.1) is 13.2 Å². The molecule has 1 aliphatic carbocycles. The Balaban J connectivity index is 0.00000127. The van der Waals surface area contributed by atoms with Crippen molar-refractivity contribution in [2.45, 2.75) is 78.6 Å². The van der Waals surface area contributed by atoms with Crippen LogP contribution in [0, 0.1) is 24.7 Å². The Bertz CT molecular complexity index is 408. The molecule has 1 aromatic rings. The summed E-state index contributed by atoms with van der Waals surface area (Å²) in [6.07, 6.45) is 9.90. The summed E-state index contributed by atoms with van der Waals surface area (Å²) in [6, 6.07) is 9.26. The highest BCUT2D eigenvalue weighted by molar-refractivity contribution is 5.24. The molecule has 0 N–H and O–H groups in total. The highest BCUT2D eigenvalue weighted by atomic mass is 14.3. The number of benzene rings is 1. The van der Waals surface area contributed by atoms with Gasteiger partial charge in [-0.1, -0.05) is 69.9 Å². The van der Waals surface area contributed by atoms with Gasteiger partial charge in [-0.25, -0.2) is 0 Å². The second-order valence-corrected chi connectivity index (χ2v) is 7.59. The zero-order chi connectivity index (χ0) is 17.2. The first-order valence-electron chi connectivity index (χ1n) is 9.66. The average Bonchev–Trinajstić information content (AvgIpc) is 2.62. The molecule has 0 spiro atoms. The van der Waals surface area contributed by atoms with Crippen molar-refractivity contribution >= 4 is 0 Å². The van der Waals surface area contributed by atoms with E-state index in [9.17, 15) is 0 Å². The van der Waals surface area contributed by atoms with Crippen LogP contribution in [-0.4, -0.2) is 0 Å². The first-order chi connectivity index (χ1) is 11.1. The van der Waals surface area contributed by atoms with Gasteiger partial charge < -0.3 is 0 Å². The van der Waals surface area contributed by atoms with E-state index in [1.54, 1.807) is 5.56 Å². The van der Waals surface area contributed by atoms with E-state index in [2.05, 4.69) is 65.1 Å². The predicted octanol–water partition coefficient (Wildman–Crippen LogP) is 7.53. The summed E-state index contributed by atoms with van der Waals surface area (Å²) < 4.78 is 0. The second-order valence-electron chi connectivity index (χ2n) is 7.59. The molecular formula is C23H38. The molecule has 2 unspecified atom stereocenters. The largest absolute Gasteiger partial charge is 0.106 e. The van der Waals surface area contributed by atoms with Crippen molar-refractivity contribution in [3.63, 3.8) is 0 Å². The Labute approximate surface area is 145 Å². The monoisotopic (exact) mass is 314 g/mol. The van der Waals surface area contributed by atoms with Gasteiger partial charge in [0.1, 0.15) is 0 Å². The molecule has 1 aliphatic rings. The lowest BCUT2D eigenvalue weighted by Gasteiger charge is -2.33. The molecule has 0 heterocycles. The Hall–Kier alpha value is -1.04. The van der Waals surface area contributed by atoms with Crippen LogP contribution in [0.1, 0.15) is 82.8 Å². The van der Waals surface area contributed by atoms with Crippen molar-refractivity contribution in [2.24, 2.45) is 17.8 Å². The van der Waals surface area contributed by atoms with E-state index >= 15 is 0 Å². The molecule has 1 fully saturated rings. The van der Waals surface area contributed by atoms with Crippen molar-refractivity contribution in [3.05, 3.63) is 48.6 Å². The number of hydrogen-bond acceptors (Lipinski definition) is 0. The number of rotatable bonds is 6. The van der Waals surface area contributed by atoms with Gasteiger partial charge in [-0.2, -0.15) is 0 Å². The summed E-state index contributed by atoms with van der Waals surface area (Å²) in [5.41, 5.74) is 2.96. The summed E-state index contributed by atoms with van der Waals surface area (Å²) in [5, 5.41) is 0. The minimum atomic E-state index is 0.823. The maximum atomic E-state index is 3.00. The topological polar surface area (TPSA) is 0 Å². The standard InChI is InChI=1S/C21H34.C2H4/c1-5-16(2)6-9-18(4)19-12-14-21(15-13-19)20-10-7-17(3)8-11-20;1-2/h7-8,10-11,16,18-19,21H,5-6,9,12-15H2,1-4H3;1-2H2. The molecule has 0 nitrogen and oxygen atoms in total. The Kier molecular flexibility index (Phi) is 9.29. The third kappa shape index (κ3) is 6.53. The van der Waals surface area contributed by atoms with Crippen LogP contribution < -0.4 is 0 Å². The minimum absolute atomic E-state index is 0.823. The summed E-state index contributed by atoms with van der Waals surface area (Å²) in [4.78, 5) is 0. The summed E-state index contributed by atoms with van der Waals surface area (Å²) >= 11 is 0. The van der Waals surface area contributed by atoms with E-state index in [-0.39, 0.29) is 0 Å². The van der Waals surface area contributed by atoms with Crippen LogP contribution in [0.15, 0.2) is 37.4 Å². The van der Waals surface area contributed by atoms with Crippen LogP contribution in [0.3, 0.4) is 0 Å². The zero-order valence-corrected chi connectivity index (χ0v) is 16.0. The number of aryl methyl sites for hydroxylation is 1. The summed E-state index contributed by atoms with van der Waals surface area (Å²) in [7, 11) is 0. The zero-order valence-electron chi connectivity index (χ0n) is 16.0. The quantitative estimate of drug-likeness (QED) is 0.476. The Morgan fingerprint density at radius 3 is 2.04 bits per heavy atom. The van der Waals surface area contributed by atoms with Crippen molar-refractivity contribution in [1.29, 1.82) is 0 Å². The van der Waals surface area contributed by atoms with E-state index in [1.165, 1.54) is 50.5 Å². The van der Waals surface area contributed by atoms with Gasteiger partial charge in [0.05, 0.1) is 0 Å². The van der Waals surface area contributed by atoms with Crippen LogP contribution in [0.2, 0.25) is 0 Å². The molecule has 1 saturated carbocycles. The lowest BCUT2D eigenvalue weighted by Crippen LogP contribution is -2.19. The first-order valence-corrected chi connectivity index (χ1v) is 9.66. The van der Waals surface area contributed by atoms with Crippen LogP contribution in [-0.2, 0) is 0 Å². The molecule has 0 heteroatoms. The Morgan fingerprint density at radius 2 is 1.52 bits per heavy atom. The van der Waals surface area contributed by atoms with E-state index in [0.717, 1.165) is 23.7 Å². The fourth-order valence-corrected chi connectivity index (χ4v) is 3.85. The van der Waals surface area contributed by atoms with Gasteiger partial charge in [-0.05, 0) is 61.8 Å². The number of hydrogen-bond donors (Lipinski definition) is 0. The van der Waals surface area contributed by atoms with Crippen molar-refractivity contribution in [1.82, 2.24) is 0 Å². The maximum Gasteiger partial charge on any atom is -0.0162 e. The van der Waals surface area contributed by atoms with E-state index in [0.29, 0.717) is 0 Å². The molecule has 23 heavy (non-hydrogen) atoms. The maximum absolute atomic E-state index is 3.00. The molecule has 0 aliphatic heterocycles. The molecule has 0 amide bonds. The normalized spacial score (nSPS) is 23.5. The van der Waals surface area contributed by atoms with Gasteiger partial charge in [0.25, 0.3) is 0 Å². The SMILES string of the molecule is C=C.CCC(C)CCC(C)C1CCC(c2ccc(C)cc2)CC1. The van der Waals surface area contributed by atoms with Crippen LogP contribution in [0.4, 0.5) is 0 Å². The van der Waals surface area contributed by atoms with Crippen molar-refractivity contribution < 1.29 is 0 Å². The molecule has 0 saturated heterocycles. The van der Waals surface area contributed by atoms with Gasteiger partial charge >= 0.3 is 0 Å². The van der Waals surface area contributed by atoms with Gasteiger partial charge in [0.15, 0.2) is 0 Å². The second kappa shape index (κ2) is 10.7. The predicted molar refractivity (Wildman–Crippen MR) is 105 cm³/mol. The molecule has 130 valence electrons. The third-order valence-corrected chi connectivity index (χ3v) is 5.94. The van der Waals surface area contributed by atoms with Gasteiger partial charge in [0.2, 0.25) is 0 Å².